The normalized spacial score (nSPS) is 26.8. The molecule has 0 radical (unpaired) electrons. The number of nitrogens with zero attached hydrogens (tertiary/aromatic N) is 2. The predicted octanol–water partition coefficient (Wildman–Crippen LogP) is 3.15. The zero-order valence-electron chi connectivity index (χ0n) is 15.3. The summed E-state index contributed by atoms with van der Waals surface area (Å²) in [6.07, 6.45) is 7.60. The molecule has 3 heterocycles. The van der Waals surface area contributed by atoms with E-state index in [0.717, 1.165) is 50.5 Å². The molecule has 4 nitrogen and oxygen atoms in total. The van der Waals surface area contributed by atoms with Crippen LogP contribution in [-0.2, 0) is 13.0 Å². The Morgan fingerprint density at radius 1 is 1.00 bits per heavy atom. The van der Waals surface area contributed by atoms with Crippen molar-refractivity contribution in [2.45, 2.75) is 52.0 Å². The van der Waals surface area contributed by atoms with Crippen LogP contribution in [0.15, 0.2) is 16.5 Å². The van der Waals surface area contributed by atoms with E-state index >= 15 is 0 Å². The molecule has 2 aliphatic heterocycles. The first-order chi connectivity index (χ1) is 11.8. The average Bonchev–Trinajstić information content (AvgIpc) is 3.08. The Morgan fingerprint density at radius 2 is 1.71 bits per heavy atom. The van der Waals surface area contributed by atoms with Crippen molar-refractivity contribution in [2.24, 2.45) is 11.8 Å². The maximum Gasteiger partial charge on any atom is 0.118 e. The van der Waals surface area contributed by atoms with Crippen molar-refractivity contribution < 1.29 is 9.52 Å². The van der Waals surface area contributed by atoms with Gasteiger partial charge in [-0.15, -0.1) is 0 Å². The highest BCUT2D eigenvalue weighted by atomic mass is 16.3. The molecule has 0 bridgehead atoms. The molecular weight excluding hydrogens is 300 g/mol. The standard InChI is InChI=1S/C20H34N2O2/c1-2-7-19-8-9-20(24-19)15-22-13-17(18(14-22)16-23)12-21-10-5-3-4-6-11-21/h8-9,17-18,23H,2-7,10-16H2,1H3/t17-,18-/m1/s1. The van der Waals surface area contributed by atoms with Gasteiger partial charge in [-0.25, -0.2) is 0 Å². The average molecular weight is 335 g/mol. The number of aryl methyl sites for hydroxylation is 1. The van der Waals surface area contributed by atoms with Gasteiger partial charge < -0.3 is 14.4 Å². The summed E-state index contributed by atoms with van der Waals surface area (Å²) in [5.74, 6) is 3.19. The minimum absolute atomic E-state index is 0.314. The maximum atomic E-state index is 9.81. The summed E-state index contributed by atoms with van der Waals surface area (Å²) in [7, 11) is 0. The van der Waals surface area contributed by atoms with Crippen molar-refractivity contribution >= 4 is 0 Å². The molecule has 3 rings (SSSR count). The van der Waals surface area contributed by atoms with E-state index in [0.29, 0.717) is 18.4 Å². The number of aliphatic hydroxyl groups excluding tert-OH is 1. The molecule has 2 atom stereocenters. The van der Waals surface area contributed by atoms with Crippen molar-refractivity contribution in [3.8, 4) is 0 Å². The molecule has 0 aliphatic carbocycles. The van der Waals surface area contributed by atoms with Crippen LogP contribution in [0, 0.1) is 11.8 Å². The molecule has 0 saturated carbocycles. The smallest absolute Gasteiger partial charge is 0.118 e. The topological polar surface area (TPSA) is 39.9 Å². The van der Waals surface area contributed by atoms with E-state index in [2.05, 4.69) is 28.9 Å². The maximum absolute atomic E-state index is 9.81. The SMILES string of the molecule is CCCc1ccc(CN2C[C@@H](CN3CCCCCC3)[C@@H](CO)C2)o1. The Kier molecular flexibility index (Phi) is 6.75. The predicted molar refractivity (Wildman–Crippen MR) is 97.0 cm³/mol. The molecular formula is C20H34N2O2. The van der Waals surface area contributed by atoms with E-state index in [1.165, 1.54) is 38.8 Å². The Bertz CT molecular complexity index is 480. The zero-order chi connectivity index (χ0) is 16.8. The molecule has 4 heteroatoms. The lowest BCUT2D eigenvalue weighted by atomic mass is 9.96. The van der Waals surface area contributed by atoms with Crippen LogP contribution < -0.4 is 0 Å². The minimum atomic E-state index is 0.314. The fraction of sp³-hybridized carbons (Fsp3) is 0.800. The third-order valence-electron chi connectivity index (χ3n) is 5.67. The second-order valence-corrected chi connectivity index (χ2v) is 7.73. The van der Waals surface area contributed by atoms with E-state index in [4.69, 9.17) is 4.42 Å². The summed E-state index contributed by atoms with van der Waals surface area (Å²) in [5, 5.41) is 9.81. The lowest BCUT2D eigenvalue weighted by Crippen LogP contribution is -2.34. The number of rotatable bonds is 7. The lowest BCUT2D eigenvalue weighted by Gasteiger charge is -2.26. The van der Waals surface area contributed by atoms with Crippen LogP contribution >= 0.6 is 0 Å². The van der Waals surface area contributed by atoms with Gasteiger partial charge in [0.05, 0.1) is 6.54 Å². The van der Waals surface area contributed by atoms with Gasteiger partial charge in [0, 0.05) is 32.7 Å². The number of furan rings is 1. The molecule has 2 saturated heterocycles. The van der Waals surface area contributed by atoms with E-state index in [9.17, 15) is 5.11 Å². The van der Waals surface area contributed by atoms with Gasteiger partial charge in [-0.1, -0.05) is 19.8 Å². The lowest BCUT2D eigenvalue weighted by molar-refractivity contribution is 0.165. The molecule has 0 unspecified atom stereocenters. The second kappa shape index (κ2) is 9.02. The van der Waals surface area contributed by atoms with Gasteiger partial charge in [0.1, 0.15) is 11.5 Å². The quantitative estimate of drug-likeness (QED) is 0.831. The van der Waals surface area contributed by atoms with Crippen LogP contribution in [0.1, 0.15) is 50.5 Å². The fourth-order valence-electron chi connectivity index (χ4n) is 4.34. The van der Waals surface area contributed by atoms with Crippen LogP contribution in [0.4, 0.5) is 0 Å². The first-order valence-corrected chi connectivity index (χ1v) is 9.91. The van der Waals surface area contributed by atoms with Crippen LogP contribution in [0.2, 0.25) is 0 Å². The summed E-state index contributed by atoms with van der Waals surface area (Å²) in [5.41, 5.74) is 0. The Labute approximate surface area is 146 Å². The van der Waals surface area contributed by atoms with Crippen molar-refractivity contribution in [2.75, 3.05) is 39.3 Å². The summed E-state index contributed by atoms with van der Waals surface area (Å²) < 4.78 is 5.94. The van der Waals surface area contributed by atoms with E-state index in [1.807, 2.05) is 0 Å². The highest BCUT2D eigenvalue weighted by molar-refractivity contribution is 5.07. The number of likely N-dealkylation sites (tertiary alicyclic amines) is 2. The van der Waals surface area contributed by atoms with Gasteiger partial charge in [-0.2, -0.15) is 0 Å². The molecule has 24 heavy (non-hydrogen) atoms. The van der Waals surface area contributed by atoms with Crippen LogP contribution in [0.3, 0.4) is 0 Å². The molecule has 0 aromatic carbocycles. The van der Waals surface area contributed by atoms with Gasteiger partial charge in [-0.05, 0) is 56.3 Å². The van der Waals surface area contributed by atoms with Crippen molar-refractivity contribution in [1.29, 1.82) is 0 Å². The molecule has 136 valence electrons. The summed E-state index contributed by atoms with van der Waals surface area (Å²) in [6.45, 7) is 9.11. The summed E-state index contributed by atoms with van der Waals surface area (Å²) in [4.78, 5) is 5.11. The van der Waals surface area contributed by atoms with Gasteiger partial charge in [-0.3, -0.25) is 4.90 Å². The fourth-order valence-corrected chi connectivity index (χ4v) is 4.34. The van der Waals surface area contributed by atoms with E-state index in [-0.39, 0.29) is 0 Å². The van der Waals surface area contributed by atoms with E-state index in [1.54, 1.807) is 0 Å². The monoisotopic (exact) mass is 334 g/mol. The van der Waals surface area contributed by atoms with Crippen LogP contribution in [0.5, 0.6) is 0 Å². The molecule has 0 amide bonds. The molecule has 1 aromatic rings. The summed E-state index contributed by atoms with van der Waals surface area (Å²) in [6, 6.07) is 4.24. The molecule has 1 aromatic heterocycles. The molecule has 0 spiro atoms. The highest BCUT2D eigenvalue weighted by Crippen LogP contribution is 2.27. The Hall–Kier alpha value is -0.840. The largest absolute Gasteiger partial charge is 0.465 e. The third-order valence-corrected chi connectivity index (χ3v) is 5.67. The van der Waals surface area contributed by atoms with Gasteiger partial charge in [0.15, 0.2) is 0 Å². The first-order valence-electron chi connectivity index (χ1n) is 9.91. The minimum Gasteiger partial charge on any atom is -0.465 e. The Morgan fingerprint density at radius 3 is 2.42 bits per heavy atom. The van der Waals surface area contributed by atoms with Gasteiger partial charge in [0.2, 0.25) is 0 Å². The number of hydrogen-bond acceptors (Lipinski definition) is 4. The van der Waals surface area contributed by atoms with Crippen molar-refractivity contribution in [3.63, 3.8) is 0 Å². The van der Waals surface area contributed by atoms with Gasteiger partial charge in [0.25, 0.3) is 0 Å². The molecule has 2 fully saturated rings. The number of hydrogen-bond donors (Lipinski definition) is 1. The Balaban J connectivity index is 1.52. The zero-order valence-corrected chi connectivity index (χ0v) is 15.3. The summed E-state index contributed by atoms with van der Waals surface area (Å²) >= 11 is 0. The first kappa shape index (κ1) is 18.0. The van der Waals surface area contributed by atoms with Crippen molar-refractivity contribution in [3.05, 3.63) is 23.7 Å². The molecule has 2 aliphatic rings. The molecule has 1 N–H and O–H groups in total. The van der Waals surface area contributed by atoms with Gasteiger partial charge >= 0.3 is 0 Å². The second-order valence-electron chi connectivity index (χ2n) is 7.73. The number of aliphatic hydroxyl groups is 1. The third kappa shape index (κ3) is 4.84. The van der Waals surface area contributed by atoms with Crippen LogP contribution in [-0.4, -0.2) is 54.2 Å². The highest BCUT2D eigenvalue weighted by Gasteiger charge is 2.33. The van der Waals surface area contributed by atoms with Crippen molar-refractivity contribution in [1.82, 2.24) is 9.80 Å². The van der Waals surface area contributed by atoms with E-state index < -0.39 is 0 Å². The van der Waals surface area contributed by atoms with Crippen LogP contribution in [0.25, 0.3) is 0 Å².